The number of ether oxygens (including phenoxy) is 1. The second-order valence-electron chi connectivity index (χ2n) is 5.62. The fourth-order valence-electron chi connectivity index (χ4n) is 1.66. The third-order valence-electron chi connectivity index (χ3n) is 3.15. The summed E-state index contributed by atoms with van der Waals surface area (Å²) in [6.45, 7) is 6.34. The van der Waals surface area contributed by atoms with Crippen LogP contribution in [-0.4, -0.2) is 18.1 Å². The van der Waals surface area contributed by atoms with E-state index in [2.05, 4.69) is 25.8 Å². The minimum Gasteiger partial charge on any atom is -0.497 e. The van der Waals surface area contributed by atoms with Gasteiger partial charge in [-0.15, -0.1) is 0 Å². The maximum Gasteiger partial charge on any atom is 0.197 e. The van der Waals surface area contributed by atoms with E-state index < -0.39 is 0 Å². The number of benzene rings is 1. The van der Waals surface area contributed by atoms with Crippen molar-refractivity contribution < 1.29 is 9.15 Å². The number of rotatable bonds is 3. The van der Waals surface area contributed by atoms with E-state index in [4.69, 9.17) is 14.9 Å². The molecule has 1 heterocycles. The van der Waals surface area contributed by atoms with Gasteiger partial charge < -0.3 is 14.9 Å². The molecule has 0 radical (unpaired) electrons. The van der Waals surface area contributed by atoms with E-state index in [1.54, 1.807) is 7.11 Å². The number of nitrogens with zero attached hydrogens (tertiary/aromatic N) is 1. The van der Waals surface area contributed by atoms with Gasteiger partial charge in [0.25, 0.3) is 0 Å². The summed E-state index contributed by atoms with van der Waals surface area (Å²) in [6.07, 6.45) is 0.639. The summed E-state index contributed by atoms with van der Waals surface area (Å²) in [5, 5.41) is 0. The van der Waals surface area contributed by atoms with E-state index in [0.29, 0.717) is 12.3 Å². The Bertz CT molecular complexity index is 540. The molecular weight excluding hydrogens is 228 g/mol. The largest absolute Gasteiger partial charge is 0.497 e. The molecule has 2 aromatic rings. The molecule has 0 aliphatic heterocycles. The fraction of sp³-hybridized carbons (Fsp3) is 0.500. The third-order valence-corrected chi connectivity index (χ3v) is 3.15. The molecule has 0 saturated heterocycles. The lowest BCUT2D eigenvalue weighted by Crippen LogP contribution is -2.36. The van der Waals surface area contributed by atoms with Crippen LogP contribution < -0.4 is 10.5 Å². The predicted molar refractivity (Wildman–Crippen MR) is 71.7 cm³/mol. The van der Waals surface area contributed by atoms with Gasteiger partial charge in [-0.2, -0.15) is 0 Å². The quantitative estimate of drug-likeness (QED) is 0.907. The van der Waals surface area contributed by atoms with Crippen molar-refractivity contribution >= 4 is 11.1 Å². The summed E-state index contributed by atoms with van der Waals surface area (Å²) in [5.41, 5.74) is 7.76. The summed E-state index contributed by atoms with van der Waals surface area (Å²) in [7, 11) is 1.63. The Kier molecular flexibility index (Phi) is 3.30. The lowest BCUT2D eigenvalue weighted by Gasteiger charge is -2.25. The molecule has 1 aromatic carbocycles. The van der Waals surface area contributed by atoms with Crippen LogP contribution in [0.15, 0.2) is 22.6 Å². The Hall–Kier alpha value is -1.55. The van der Waals surface area contributed by atoms with Crippen molar-refractivity contribution in [3.05, 3.63) is 24.1 Å². The summed E-state index contributed by atoms with van der Waals surface area (Å²) < 4.78 is 10.9. The van der Waals surface area contributed by atoms with Crippen molar-refractivity contribution in [2.24, 2.45) is 11.1 Å². The second-order valence-corrected chi connectivity index (χ2v) is 5.62. The molecule has 0 amide bonds. The van der Waals surface area contributed by atoms with Gasteiger partial charge in [-0.25, -0.2) is 4.98 Å². The van der Waals surface area contributed by atoms with Crippen LogP contribution in [0.3, 0.4) is 0 Å². The molecule has 0 bridgehead atoms. The van der Waals surface area contributed by atoms with Gasteiger partial charge in [-0.3, -0.25) is 0 Å². The van der Waals surface area contributed by atoms with Gasteiger partial charge in [0.05, 0.1) is 7.11 Å². The first-order chi connectivity index (χ1) is 8.40. The molecule has 0 spiro atoms. The second kappa shape index (κ2) is 4.61. The van der Waals surface area contributed by atoms with Crippen LogP contribution in [-0.2, 0) is 6.42 Å². The minimum atomic E-state index is 0.0208. The van der Waals surface area contributed by atoms with Gasteiger partial charge in [-0.05, 0) is 17.5 Å². The van der Waals surface area contributed by atoms with Crippen LogP contribution in [0, 0.1) is 5.41 Å². The normalized spacial score (nSPS) is 13.8. The number of methoxy groups -OCH3 is 1. The molecule has 1 aromatic heterocycles. The molecular formula is C14H20N2O2. The van der Waals surface area contributed by atoms with Crippen LogP contribution in [0.1, 0.15) is 26.7 Å². The lowest BCUT2D eigenvalue weighted by atomic mass is 9.85. The maximum absolute atomic E-state index is 6.14. The standard InChI is InChI=1S/C14H20N2O2/c1-14(2,3)12(15)8-13-16-10-6-5-9(17-4)7-11(10)18-13/h5-7,12H,8,15H2,1-4H3. The SMILES string of the molecule is COc1ccc2nc(CC(N)C(C)(C)C)oc2c1. The lowest BCUT2D eigenvalue weighted by molar-refractivity contribution is 0.302. The molecule has 0 aliphatic carbocycles. The van der Waals surface area contributed by atoms with E-state index in [1.807, 2.05) is 18.2 Å². The molecule has 2 rings (SSSR count). The molecule has 0 saturated carbocycles. The van der Waals surface area contributed by atoms with E-state index in [9.17, 15) is 0 Å². The van der Waals surface area contributed by atoms with Gasteiger partial charge in [0.1, 0.15) is 11.3 Å². The first-order valence-corrected chi connectivity index (χ1v) is 6.09. The number of nitrogens with two attached hydrogens (primary N) is 1. The van der Waals surface area contributed by atoms with Crippen molar-refractivity contribution in [2.75, 3.05) is 7.11 Å². The van der Waals surface area contributed by atoms with E-state index >= 15 is 0 Å². The summed E-state index contributed by atoms with van der Waals surface area (Å²) in [6, 6.07) is 5.63. The Labute approximate surface area is 107 Å². The predicted octanol–water partition coefficient (Wildman–Crippen LogP) is 2.75. The van der Waals surface area contributed by atoms with Crippen LogP contribution in [0.5, 0.6) is 5.75 Å². The van der Waals surface area contributed by atoms with E-state index in [-0.39, 0.29) is 11.5 Å². The van der Waals surface area contributed by atoms with Crippen LogP contribution in [0.25, 0.3) is 11.1 Å². The fourth-order valence-corrected chi connectivity index (χ4v) is 1.66. The zero-order valence-corrected chi connectivity index (χ0v) is 11.4. The summed E-state index contributed by atoms with van der Waals surface area (Å²) in [5.74, 6) is 1.45. The number of fused-ring (bicyclic) bond motifs is 1. The van der Waals surface area contributed by atoms with Crippen molar-refractivity contribution in [3.63, 3.8) is 0 Å². The molecule has 98 valence electrons. The molecule has 0 fully saturated rings. The number of hydrogen-bond donors (Lipinski definition) is 1. The highest BCUT2D eigenvalue weighted by Gasteiger charge is 2.23. The van der Waals surface area contributed by atoms with Crippen molar-refractivity contribution in [2.45, 2.75) is 33.2 Å². The Morgan fingerprint density at radius 1 is 1.39 bits per heavy atom. The highest BCUT2D eigenvalue weighted by atomic mass is 16.5. The van der Waals surface area contributed by atoms with Crippen LogP contribution >= 0.6 is 0 Å². The number of oxazole rings is 1. The van der Waals surface area contributed by atoms with Crippen molar-refractivity contribution in [3.8, 4) is 5.75 Å². The summed E-state index contributed by atoms with van der Waals surface area (Å²) >= 11 is 0. The topological polar surface area (TPSA) is 61.3 Å². The highest BCUT2D eigenvalue weighted by molar-refractivity contribution is 5.74. The van der Waals surface area contributed by atoms with Crippen LogP contribution in [0.2, 0.25) is 0 Å². The number of hydrogen-bond acceptors (Lipinski definition) is 4. The zero-order valence-electron chi connectivity index (χ0n) is 11.4. The van der Waals surface area contributed by atoms with Gasteiger partial charge in [0.15, 0.2) is 11.5 Å². The smallest absolute Gasteiger partial charge is 0.197 e. The minimum absolute atomic E-state index is 0.0208. The van der Waals surface area contributed by atoms with Crippen LogP contribution in [0.4, 0.5) is 0 Å². The third kappa shape index (κ3) is 2.64. The Morgan fingerprint density at radius 3 is 2.72 bits per heavy atom. The van der Waals surface area contributed by atoms with E-state index in [0.717, 1.165) is 16.8 Å². The van der Waals surface area contributed by atoms with Gasteiger partial charge in [0, 0.05) is 18.5 Å². The Balaban J connectivity index is 2.25. The molecule has 1 unspecified atom stereocenters. The number of aromatic nitrogens is 1. The molecule has 18 heavy (non-hydrogen) atoms. The van der Waals surface area contributed by atoms with E-state index in [1.165, 1.54) is 0 Å². The average Bonchev–Trinajstić information content (AvgIpc) is 2.68. The Morgan fingerprint density at radius 2 is 2.11 bits per heavy atom. The average molecular weight is 248 g/mol. The van der Waals surface area contributed by atoms with Gasteiger partial charge in [-0.1, -0.05) is 20.8 Å². The first kappa shape index (κ1) is 12.9. The van der Waals surface area contributed by atoms with Crippen molar-refractivity contribution in [1.29, 1.82) is 0 Å². The van der Waals surface area contributed by atoms with Crippen molar-refractivity contribution in [1.82, 2.24) is 4.98 Å². The highest BCUT2D eigenvalue weighted by Crippen LogP contribution is 2.24. The molecule has 1 atom stereocenters. The molecule has 4 heteroatoms. The van der Waals surface area contributed by atoms with Gasteiger partial charge in [0.2, 0.25) is 0 Å². The van der Waals surface area contributed by atoms with Gasteiger partial charge >= 0.3 is 0 Å². The molecule has 0 aliphatic rings. The molecule has 2 N–H and O–H groups in total. The monoisotopic (exact) mass is 248 g/mol. The molecule has 4 nitrogen and oxygen atoms in total. The first-order valence-electron chi connectivity index (χ1n) is 6.09. The zero-order chi connectivity index (χ0) is 13.3. The summed E-state index contributed by atoms with van der Waals surface area (Å²) in [4.78, 5) is 4.44. The maximum atomic E-state index is 6.14.